The third-order valence-corrected chi connectivity index (χ3v) is 9.91. The van der Waals surface area contributed by atoms with Gasteiger partial charge >= 0.3 is 0 Å². The summed E-state index contributed by atoms with van der Waals surface area (Å²) in [5.74, 6) is 0.896. The van der Waals surface area contributed by atoms with Crippen molar-refractivity contribution in [3.8, 4) is 45.0 Å². The van der Waals surface area contributed by atoms with Gasteiger partial charge in [-0.25, -0.2) is 4.98 Å². The van der Waals surface area contributed by atoms with E-state index in [0.29, 0.717) is 0 Å². The zero-order chi connectivity index (χ0) is 33.0. The summed E-state index contributed by atoms with van der Waals surface area (Å²) < 4.78 is 4.72. The smallest absolute Gasteiger partial charge is 0.138 e. The summed E-state index contributed by atoms with van der Waals surface area (Å²) in [7, 11) is 0. The van der Waals surface area contributed by atoms with Crippen molar-refractivity contribution in [1.29, 1.82) is 0 Å². The number of rotatable bonds is 5. The normalized spacial score (nSPS) is 11.6. The van der Waals surface area contributed by atoms with E-state index in [1.54, 1.807) is 0 Å². The summed E-state index contributed by atoms with van der Waals surface area (Å²) in [5.41, 5.74) is 12.5. The number of hydrogen-bond donors (Lipinski definition) is 0. The second-order valence-electron chi connectivity index (χ2n) is 12.8. The first-order valence-electron chi connectivity index (χ1n) is 17.1. The fraction of sp³-hybridized carbons (Fsp3) is 0. The number of benzene rings is 7. The standard InChI is InChI=1S/C47H31N3/c1-4-14-32(15-5-1)36-28-42(33-16-6-2-7-17-33)48-47(31-36)50-44-23-13-11-21-39(44)41-27-25-35(30-46(41)50)34-24-26-40-38-20-10-12-22-43(38)49(45(40)29-34)37-18-8-3-9-19-37/h1-31H. The molecule has 234 valence electrons. The summed E-state index contributed by atoms with van der Waals surface area (Å²) in [6, 6.07) is 67.3. The van der Waals surface area contributed by atoms with Crippen LogP contribution in [0.5, 0.6) is 0 Å². The van der Waals surface area contributed by atoms with Crippen LogP contribution in [0.2, 0.25) is 0 Å². The molecular formula is C47H31N3. The lowest BCUT2D eigenvalue weighted by Crippen LogP contribution is -2.00. The molecule has 0 amide bonds. The Hall–Kier alpha value is -6.71. The van der Waals surface area contributed by atoms with Gasteiger partial charge in [0, 0.05) is 32.8 Å². The van der Waals surface area contributed by atoms with Crippen molar-refractivity contribution in [2.75, 3.05) is 0 Å². The van der Waals surface area contributed by atoms with Crippen molar-refractivity contribution in [3.05, 3.63) is 188 Å². The summed E-state index contributed by atoms with van der Waals surface area (Å²) in [6.45, 7) is 0. The number of para-hydroxylation sites is 3. The van der Waals surface area contributed by atoms with Gasteiger partial charge in [-0.05, 0) is 70.8 Å². The minimum Gasteiger partial charge on any atom is -0.309 e. The van der Waals surface area contributed by atoms with Crippen LogP contribution in [0.15, 0.2) is 188 Å². The Morgan fingerprint density at radius 2 is 0.780 bits per heavy atom. The minimum absolute atomic E-state index is 0.896. The maximum Gasteiger partial charge on any atom is 0.138 e. The molecule has 0 saturated carbocycles. The highest BCUT2D eigenvalue weighted by molar-refractivity contribution is 6.12. The maximum absolute atomic E-state index is 5.34. The second-order valence-corrected chi connectivity index (χ2v) is 12.8. The molecule has 50 heavy (non-hydrogen) atoms. The maximum atomic E-state index is 5.34. The molecule has 3 aromatic heterocycles. The molecule has 0 atom stereocenters. The molecule has 0 N–H and O–H groups in total. The van der Waals surface area contributed by atoms with Crippen molar-refractivity contribution in [2.24, 2.45) is 0 Å². The van der Waals surface area contributed by atoms with Crippen LogP contribution in [-0.2, 0) is 0 Å². The van der Waals surface area contributed by atoms with E-state index in [2.05, 4.69) is 197 Å². The Morgan fingerprint density at radius 3 is 1.40 bits per heavy atom. The molecule has 0 fully saturated rings. The second kappa shape index (κ2) is 11.5. The zero-order valence-corrected chi connectivity index (χ0v) is 27.2. The molecule has 0 aliphatic rings. The fourth-order valence-corrected chi connectivity index (χ4v) is 7.59. The van der Waals surface area contributed by atoms with Gasteiger partial charge in [-0.3, -0.25) is 4.57 Å². The molecule has 0 radical (unpaired) electrons. The molecule has 0 bridgehead atoms. The van der Waals surface area contributed by atoms with Gasteiger partial charge in [-0.15, -0.1) is 0 Å². The summed E-state index contributed by atoms with van der Waals surface area (Å²) >= 11 is 0. The average Bonchev–Trinajstić information content (AvgIpc) is 3.71. The lowest BCUT2D eigenvalue weighted by Gasteiger charge is -2.13. The molecule has 0 aliphatic heterocycles. The SMILES string of the molecule is c1ccc(-c2cc(-c3ccccc3)nc(-n3c4ccccc4c4ccc(-c5ccc6c7ccccc7n(-c7ccccc7)c6c5)cc43)c2)cc1. The molecule has 0 saturated heterocycles. The van der Waals surface area contributed by atoms with Gasteiger partial charge in [0.15, 0.2) is 0 Å². The first-order valence-corrected chi connectivity index (χ1v) is 17.1. The molecule has 0 unspecified atom stereocenters. The highest BCUT2D eigenvalue weighted by Crippen LogP contribution is 2.39. The Bertz CT molecular complexity index is 2790. The third-order valence-electron chi connectivity index (χ3n) is 9.91. The highest BCUT2D eigenvalue weighted by Gasteiger charge is 2.18. The average molecular weight is 638 g/mol. The van der Waals surface area contributed by atoms with Crippen LogP contribution in [0.3, 0.4) is 0 Å². The van der Waals surface area contributed by atoms with Crippen LogP contribution < -0.4 is 0 Å². The van der Waals surface area contributed by atoms with E-state index in [4.69, 9.17) is 4.98 Å². The Kier molecular flexibility index (Phi) is 6.49. The molecule has 7 aromatic carbocycles. The van der Waals surface area contributed by atoms with Crippen LogP contribution in [-0.4, -0.2) is 14.1 Å². The number of nitrogens with zero attached hydrogens (tertiary/aromatic N) is 3. The van der Waals surface area contributed by atoms with E-state index >= 15 is 0 Å². The van der Waals surface area contributed by atoms with E-state index in [-0.39, 0.29) is 0 Å². The fourth-order valence-electron chi connectivity index (χ4n) is 7.59. The highest BCUT2D eigenvalue weighted by atomic mass is 15.1. The van der Waals surface area contributed by atoms with E-state index in [0.717, 1.165) is 50.5 Å². The van der Waals surface area contributed by atoms with E-state index < -0.39 is 0 Å². The van der Waals surface area contributed by atoms with Gasteiger partial charge in [-0.2, -0.15) is 0 Å². The lowest BCUT2D eigenvalue weighted by molar-refractivity contribution is 1.08. The molecule has 3 nitrogen and oxygen atoms in total. The predicted molar refractivity (Wildman–Crippen MR) is 209 cm³/mol. The van der Waals surface area contributed by atoms with Crippen molar-refractivity contribution in [3.63, 3.8) is 0 Å². The van der Waals surface area contributed by atoms with Gasteiger partial charge in [0.2, 0.25) is 0 Å². The Balaban J connectivity index is 1.22. The van der Waals surface area contributed by atoms with Gasteiger partial charge in [0.25, 0.3) is 0 Å². The van der Waals surface area contributed by atoms with Crippen LogP contribution in [0.25, 0.3) is 88.6 Å². The molecular weight excluding hydrogens is 607 g/mol. The first-order chi connectivity index (χ1) is 24.8. The van der Waals surface area contributed by atoms with Crippen LogP contribution in [0.1, 0.15) is 0 Å². The van der Waals surface area contributed by atoms with Gasteiger partial charge in [-0.1, -0.05) is 140 Å². The van der Waals surface area contributed by atoms with Gasteiger partial charge < -0.3 is 4.57 Å². The van der Waals surface area contributed by atoms with Crippen molar-refractivity contribution >= 4 is 43.6 Å². The molecule has 10 rings (SSSR count). The Labute approximate surface area is 290 Å². The topological polar surface area (TPSA) is 22.8 Å². The molecule has 0 aliphatic carbocycles. The number of hydrogen-bond acceptors (Lipinski definition) is 1. The number of fused-ring (bicyclic) bond motifs is 6. The van der Waals surface area contributed by atoms with E-state index in [1.165, 1.54) is 38.1 Å². The first kappa shape index (κ1) is 28.3. The monoisotopic (exact) mass is 637 g/mol. The number of aromatic nitrogens is 3. The van der Waals surface area contributed by atoms with Crippen molar-refractivity contribution in [1.82, 2.24) is 14.1 Å². The molecule has 3 heteroatoms. The van der Waals surface area contributed by atoms with Crippen LogP contribution in [0.4, 0.5) is 0 Å². The minimum atomic E-state index is 0.896. The number of pyridine rings is 1. The quantitative estimate of drug-likeness (QED) is 0.184. The van der Waals surface area contributed by atoms with Crippen molar-refractivity contribution < 1.29 is 0 Å². The Morgan fingerprint density at radius 1 is 0.300 bits per heavy atom. The molecule has 3 heterocycles. The summed E-state index contributed by atoms with van der Waals surface area (Å²) in [5, 5.41) is 4.92. The summed E-state index contributed by atoms with van der Waals surface area (Å²) in [6.07, 6.45) is 0. The van der Waals surface area contributed by atoms with E-state index in [1.807, 2.05) is 0 Å². The van der Waals surface area contributed by atoms with Crippen molar-refractivity contribution in [2.45, 2.75) is 0 Å². The lowest BCUT2D eigenvalue weighted by atomic mass is 10.0. The summed E-state index contributed by atoms with van der Waals surface area (Å²) in [4.78, 5) is 5.34. The largest absolute Gasteiger partial charge is 0.309 e. The molecule has 10 aromatic rings. The van der Waals surface area contributed by atoms with Gasteiger partial charge in [0.05, 0.1) is 27.8 Å². The van der Waals surface area contributed by atoms with Crippen LogP contribution in [0, 0.1) is 0 Å². The van der Waals surface area contributed by atoms with Gasteiger partial charge in [0.1, 0.15) is 5.82 Å². The predicted octanol–water partition coefficient (Wildman–Crippen LogP) is 12.3. The van der Waals surface area contributed by atoms with E-state index in [9.17, 15) is 0 Å². The zero-order valence-electron chi connectivity index (χ0n) is 27.2. The third kappa shape index (κ3) is 4.56. The molecule has 0 spiro atoms. The van der Waals surface area contributed by atoms with Crippen LogP contribution >= 0.6 is 0 Å².